The Morgan fingerprint density at radius 1 is 1.07 bits per heavy atom. The topological polar surface area (TPSA) is 136 Å². The molecule has 0 spiro atoms. The second-order valence-corrected chi connectivity index (χ2v) is 9.23. The summed E-state index contributed by atoms with van der Waals surface area (Å²) in [6.45, 7) is 5.41. The molecule has 0 aromatic heterocycles. The number of nitrogen functional groups attached to an aromatic ring is 1. The smallest absolute Gasteiger partial charge is 0.303 e. The van der Waals surface area contributed by atoms with E-state index in [1.54, 1.807) is 45.0 Å². The highest BCUT2D eigenvalue weighted by Gasteiger charge is 2.34. The van der Waals surface area contributed by atoms with Crippen LogP contribution in [0.25, 0.3) is 0 Å². The standard InChI is InChI=1S/C21H24N4O4S/c1-5-18(26)25(16-10-12-17(13-11-16)30(23,28)29)19(20(27)24-21(2,3)4)14-6-8-15(22)9-7-14/h1,6-13,19H,22H2,2-4H3,(H,24,27)(H2,23,28,29). The van der Waals surface area contributed by atoms with Crippen LogP contribution in [-0.2, 0) is 19.6 Å². The van der Waals surface area contributed by atoms with E-state index in [2.05, 4.69) is 5.32 Å². The van der Waals surface area contributed by atoms with Crippen LogP contribution in [0.3, 0.4) is 0 Å². The van der Waals surface area contributed by atoms with Crippen molar-refractivity contribution in [2.75, 3.05) is 10.6 Å². The number of hydrogen-bond donors (Lipinski definition) is 3. The lowest BCUT2D eigenvalue weighted by molar-refractivity contribution is -0.126. The molecule has 2 rings (SSSR count). The molecule has 2 amide bonds. The molecule has 0 bridgehead atoms. The van der Waals surface area contributed by atoms with Gasteiger partial charge in [0.25, 0.3) is 0 Å². The molecule has 0 saturated carbocycles. The second kappa shape index (κ2) is 8.57. The van der Waals surface area contributed by atoms with Crippen molar-refractivity contribution in [2.24, 2.45) is 5.14 Å². The monoisotopic (exact) mass is 428 g/mol. The minimum atomic E-state index is -3.93. The SMILES string of the molecule is C#CC(=O)N(c1ccc(S(N)(=O)=O)cc1)C(C(=O)NC(C)(C)C)c1ccc(N)cc1. The number of anilines is 2. The van der Waals surface area contributed by atoms with Crippen LogP contribution >= 0.6 is 0 Å². The van der Waals surface area contributed by atoms with Gasteiger partial charge in [0, 0.05) is 16.9 Å². The van der Waals surface area contributed by atoms with Crippen LogP contribution in [-0.4, -0.2) is 25.8 Å². The van der Waals surface area contributed by atoms with Gasteiger partial charge in [-0.05, 0) is 68.7 Å². The van der Waals surface area contributed by atoms with Crippen molar-refractivity contribution < 1.29 is 18.0 Å². The first-order valence-electron chi connectivity index (χ1n) is 8.93. The molecule has 0 aliphatic heterocycles. The summed E-state index contributed by atoms with van der Waals surface area (Å²) in [4.78, 5) is 26.9. The summed E-state index contributed by atoms with van der Waals surface area (Å²) in [5.41, 5.74) is 6.37. The van der Waals surface area contributed by atoms with Crippen LogP contribution in [0.1, 0.15) is 32.4 Å². The molecule has 0 fully saturated rings. The van der Waals surface area contributed by atoms with Gasteiger partial charge in [-0.1, -0.05) is 12.1 Å². The average Bonchev–Trinajstić information content (AvgIpc) is 2.64. The lowest BCUT2D eigenvalue weighted by Gasteiger charge is -2.32. The van der Waals surface area contributed by atoms with Crippen LogP contribution in [0.5, 0.6) is 0 Å². The summed E-state index contributed by atoms with van der Waals surface area (Å²) < 4.78 is 23.1. The maximum Gasteiger partial charge on any atom is 0.303 e. The molecule has 30 heavy (non-hydrogen) atoms. The number of hydrogen-bond acceptors (Lipinski definition) is 5. The first kappa shape index (κ1) is 22.9. The fraction of sp³-hybridized carbons (Fsp3) is 0.238. The Morgan fingerprint density at radius 2 is 1.60 bits per heavy atom. The number of sulfonamides is 1. The third kappa shape index (κ3) is 5.59. The van der Waals surface area contributed by atoms with E-state index in [9.17, 15) is 18.0 Å². The van der Waals surface area contributed by atoms with Gasteiger partial charge in [0.2, 0.25) is 15.9 Å². The minimum Gasteiger partial charge on any atom is -0.399 e. The average molecular weight is 429 g/mol. The fourth-order valence-corrected chi connectivity index (χ4v) is 3.30. The van der Waals surface area contributed by atoms with E-state index in [1.807, 2.05) is 5.92 Å². The summed E-state index contributed by atoms with van der Waals surface area (Å²) in [5, 5.41) is 7.98. The first-order chi connectivity index (χ1) is 13.8. The molecule has 0 saturated heterocycles. The summed E-state index contributed by atoms with van der Waals surface area (Å²) in [5.74, 6) is 0.787. The lowest BCUT2D eigenvalue weighted by Crippen LogP contribution is -2.49. The van der Waals surface area contributed by atoms with Crippen LogP contribution in [0.2, 0.25) is 0 Å². The number of benzene rings is 2. The molecule has 9 heteroatoms. The Balaban J connectivity index is 2.64. The first-order valence-corrected chi connectivity index (χ1v) is 10.5. The summed E-state index contributed by atoms with van der Waals surface area (Å²) in [7, 11) is -3.93. The number of carbonyl (C=O) groups excluding carboxylic acids is 2. The van der Waals surface area contributed by atoms with Gasteiger partial charge in [-0.2, -0.15) is 0 Å². The zero-order valence-electron chi connectivity index (χ0n) is 16.9. The molecule has 5 N–H and O–H groups in total. The number of amides is 2. The second-order valence-electron chi connectivity index (χ2n) is 7.67. The van der Waals surface area contributed by atoms with Gasteiger partial charge in [-0.3, -0.25) is 14.5 Å². The third-order valence-electron chi connectivity index (χ3n) is 4.04. The van der Waals surface area contributed by atoms with Crippen LogP contribution in [0.15, 0.2) is 53.4 Å². The number of nitrogens with two attached hydrogens (primary N) is 2. The summed E-state index contributed by atoms with van der Waals surface area (Å²) >= 11 is 0. The van der Waals surface area contributed by atoms with Crippen molar-refractivity contribution in [1.82, 2.24) is 5.32 Å². The predicted octanol–water partition coefficient (Wildman–Crippen LogP) is 1.54. The summed E-state index contributed by atoms with van der Waals surface area (Å²) in [6.07, 6.45) is 5.37. The van der Waals surface area contributed by atoms with Gasteiger partial charge < -0.3 is 11.1 Å². The zero-order valence-corrected chi connectivity index (χ0v) is 17.7. The van der Waals surface area contributed by atoms with E-state index < -0.39 is 33.4 Å². The highest BCUT2D eigenvalue weighted by Crippen LogP contribution is 2.30. The van der Waals surface area contributed by atoms with E-state index in [0.29, 0.717) is 11.3 Å². The van der Waals surface area contributed by atoms with Crippen molar-refractivity contribution in [3.05, 3.63) is 54.1 Å². The predicted molar refractivity (Wildman–Crippen MR) is 116 cm³/mol. The normalized spacial score (nSPS) is 12.5. The molecule has 0 heterocycles. The zero-order chi connectivity index (χ0) is 22.7. The van der Waals surface area contributed by atoms with E-state index >= 15 is 0 Å². The van der Waals surface area contributed by atoms with E-state index in [0.717, 1.165) is 4.90 Å². The van der Waals surface area contributed by atoms with E-state index in [1.165, 1.54) is 24.3 Å². The number of terminal acetylenes is 1. The third-order valence-corrected chi connectivity index (χ3v) is 4.97. The van der Waals surface area contributed by atoms with Crippen LogP contribution in [0, 0.1) is 12.3 Å². The number of primary sulfonamides is 1. The van der Waals surface area contributed by atoms with Crippen LogP contribution < -0.4 is 21.1 Å². The van der Waals surface area contributed by atoms with Gasteiger partial charge in [0.15, 0.2) is 0 Å². The minimum absolute atomic E-state index is 0.137. The molecule has 158 valence electrons. The highest BCUT2D eigenvalue weighted by atomic mass is 32.2. The molecule has 0 radical (unpaired) electrons. The molecular weight excluding hydrogens is 404 g/mol. The quantitative estimate of drug-likeness (QED) is 0.490. The Bertz CT molecular complexity index is 1080. The highest BCUT2D eigenvalue weighted by molar-refractivity contribution is 7.89. The molecular formula is C21H24N4O4S. The van der Waals surface area contributed by atoms with Crippen molar-refractivity contribution in [3.8, 4) is 12.3 Å². The van der Waals surface area contributed by atoms with Gasteiger partial charge in [-0.15, -0.1) is 6.42 Å². The Morgan fingerprint density at radius 3 is 2.03 bits per heavy atom. The maximum atomic E-state index is 13.2. The molecule has 2 aromatic rings. The number of nitrogens with one attached hydrogen (secondary N) is 1. The van der Waals surface area contributed by atoms with Crippen molar-refractivity contribution >= 4 is 33.2 Å². The van der Waals surface area contributed by atoms with Gasteiger partial charge in [0.1, 0.15) is 6.04 Å². The summed E-state index contributed by atoms with van der Waals surface area (Å²) in [6, 6.07) is 10.5. The van der Waals surface area contributed by atoms with E-state index in [4.69, 9.17) is 17.3 Å². The number of nitrogens with zero attached hydrogens (tertiary/aromatic N) is 1. The van der Waals surface area contributed by atoms with Crippen molar-refractivity contribution in [2.45, 2.75) is 37.2 Å². The van der Waals surface area contributed by atoms with E-state index in [-0.39, 0.29) is 10.6 Å². The Hall–Kier alpha value is -3.35. The largest absolute Gasteiger partial charge is 0.399 e. The maximum absolute atomic E-state index is 13.2. The fourth-order valence-electron chi connectivity index (χ4n) is 2.78. The number of carbonyl (C=O) groups is 2. The Labute approximate surface area is 176 Å². The van der Waals surface area contributed by atoms with Crippen LogP contribution in [0.4, 0.5) is 11.4 Å². The molecule has 8 nitrogen and oxygen atoms in total. The molecule has 0 aliphatic carbocycles. The molecule has 1 unspecified atom stereocenters. The molecule has 1 atom stereocenters. The molecule has 0 aliphatic rings. The van der Waals surface area contributed by atoms with Gasteiger partial charge >= 0.3 is 5.91 Å². The lowest BCUT2D eigenvalue weighted by atomic mass is 10.0. The van der Waals surface area contributed by atoms with Gasteiger partial charge in [0.05, 0.1) is 4.90 Å². The Kier molecular flexibility index (Phi) is 6.55. The number of rotatable bonds is 5. The van der Waals surface area contributed by atoms with Crippen molar-refractivity contribution in [1.29, 1.82) is 0 Å². The van der Waals surface area contributed by atoms with Gasteiger partial charge in [-0.25, -0.2) is 13.6 Å². The van der Waals surface area contributed by atoms with Crippen molar-refractivity contribution in [3.63, 3.8) is 0 Å². The molecule has 2 aromatic carbocycles.